The zero-order chi connectivity index (χ0) is 25.8. The lowest BCUT2D eigenvalue weighted by molar-refractivity contribution is -0.146. The Kier molecular flexibility index (Phi) is 10.7. The molecule has 13 nitrogen and oxygen atoms in total. The highest BCUT2D eigenvalue weighted by molar-refractivity contribution is 6.20. The van der Waals surface area contributed by atoms with Crippen molar-refractivity contribution < 1.29 is 53.2 Å². The Morgan fingerprint density at radius 3 is 1.61 bits per heavy atom. The standard InChI is InChI=1S/C23H28N2O11/c26-19-5-6-20(27)24(19)36-21(28)7-8-31-9-10-32-11-12-33-13-14-34-15-16-35-25-22(29)17-3-1-2-4-18(17)23(25)30/h1-6,26-27H,7-16H2. The van der Waals surface area contributed by atoms with Gasteiger partial charge in [-0.3, -0.25) is 14.4 Å². The quantitative estimate of drug-likeness (QED) is 0.227. The van der Waals surface area contributed by atoms with Gasteiger partial charge >= 0.3 is 5.97 Å². The zero-order valence-electron chi connectivity index (χ0n) is 19.5. The maximum atomic E-state index is 12.1. The van der Waals surface area contributed by atoms with Gasteiger partial charge in [0.2, 0.25) is 11.8 Å². The van der Waals surface area contributed by atoms with Crippen molar-refractivity contribution in [1.29, 1.82) is 0 Å². The summed E-state index contributed by atoms with van der Waals surface area (Å²) in [5, 5.41) is 19.5. The predicted octanol–water partition coefficient (Wildman–Crippen LogP) is 0.539. The van der Waals surface area contributed by atoms with Gasteiger partial charge in [-0.1, -0.05) is 12.1 Å². The molecule has 0 bridgehead atoms. The van der Waals surface area contributed by atoms with Gasteiger partial charge in [0.25, 0.3) is 11.8 Å². The van der Waals surface area contributed by atoms with E-state index in [9.17, 15) is 24.6 Å². The van der Waals surface area contributed by atoms with Crippen molar-refractivity contribution in [3.63, 3.8) is 0 Å². The van der Waals surface area contributed by atoms with Crippen LogP contribution in [0.25, 0.3) is 0 Å². The number of fused-ring (bicyclic) bond motifs is 1. The van der Waals surface area contributed by atoms with Crippen LogP contribution in [0.15, 0.2) is 36.4 Å². The van der Waals surface area contributed by atoms with Crippen LogP contribution in [-0.2, 0) is 28.6 Å². The van der Waals surface area contributed by atoms with Crippen LogP contribution in [-0.4, -0.2) is 97.3 Å². The van der Waals surface area contributed by atoms with Gasteiger partial charge in [-0.05, 0) is 12.1 Å². The maximum Gasteiger partial charge on any atom is 0.335 e. The second-order valence-corrected chi connectivity index (χ2v) is 7.29. The minimum absolute atomic E-state index is 0.0452. The van der Waals surface area contributed by atoms with E-state index in [2.05, 4.69) is 0 Å². The summed E-state index contributed by atoms with van der Waals surface area (Å²) in [7, 11) is 0. The third-order valence-electron chi connectivity index (χ3n) is 4.76. The molecule has 0 saturated carbocycles. The third kappa shape index (κ3) is 7.76. The lowest BCUT2D eigenvalue weighted by atomic mass is 10.1. The second-order valence-electron chi connectivity index (χ2n) is 7.29. The topological polar surface area (TPSA) is 155 Å². The molecule has 36 heavy (non-hydrogen) atoms. The van der Waals surface area contributed by atoms with Crippen LogP contribution in [0.3, 0.4) is 0 Å². The minimum atomic E-state index is -0.677. The highest BCUT2D eigenvalue weighted by Crippen LogP contribution is 2.22. The lowest BCUT2D eigenvalue weighted by Crippen LogP contribution is -2.31. The van der Waals surface area contributed by atoms with Crippen LogP contribution in [0.2, 0.25) is 0 Å². The summed E-state index contributed by atoms with van der Waals surface area (Å²) in [4.78, 5) is 45.9. The molecule has 1 aliphatic heterocycles. The van der Waals surface area contributed by atoms with Crippen LogP contribution in [0.1, 0.15) is 27.1 Å². The van der Waals surface area contributed by atoms with E-state index in [-0.39, 0.29) is 32.8 Å². The number of imide groups is 1. The monoisotopic (exact) mass is 508 g/mol. The first-order chi connectivity index (χ1) is 17.5. The number of nitrogens with zero attached hydrogens (tertiary/aromatic N) is 2. The number of rotatable bonds is 17. The molecule has 2 N–H and O–H groups in total. The van der Waals surface area contributed by atoms with E-state index >= 15 is 0 Å². The first-order valence-electron chi connectivity index (χ1n) is 11.2. The van der Waals surface area contributed by atoms with Gasteiger partial charge in [0.1, 0.15) is 0 Å². The number of aromatic hydroxyl groups is 2. The molecule has 1 aromatic carbocycles. The Hall–Kier alpha value is -3.49. The van der Waals surface area contributed by atoms with Crippen molar-refractivity contribution >= 4 is 17.8 Å². The van der Waals surface area contributed by atoms with Crippen LogP contribution in [0.5, 0.6) is 11.8 Å². The molecule has 0 atom stereocenters. The molecule has 0 unspecified atom stereocenters. The number of hydrogen-bond acceptors (Lipinski definition) is 11. The van der Waals surface area contributed by atoms with Crippen molar-refractivity contribution in [2.75, 3.05) is 59.5 Å². The molecule has 1 aromatic heterocycles. The molecule has 1 aliphatic rings. The number of hydrogen-bond donors (Lipinski definition) is 2. The van der Waals surface area contributed by atoms with Crippen molar-refractivity contribution in [1.82, 2.24) is 9.79 Å². The molecular formula is C23H28N2O11. The SMILES string of the molecule is O=C(CCOCCOCCOCCOCCON1C(=O)c2ccccc2C1=O)On1c(O)ccc1O. The van der Waals surface area contributed by atoms with Crippen LogP contribution >= 0.6 is 0 Å². The molecule has 196 valence electrons. The van der Waals surface area contributed by atoms with Crippen LogP contribution in [0.4, 0.5) is 0 Å². The van der Waals surface area contributed by atoms with Gasteiger partial charge in [0, 0.05) is 12.1 Å². The fraction of sp³-hybridized carbons (Fsp3) is 0.435. The average molecular weight is 508 g/mol. The lowest BCUT2D eigenvalue weighted by Gasteiger charge is -2.13. The molecule has 0 fully saturated rings. The number of benzene rings is 1. The Bertz CT molecular complexity index is 969. The van der Waals surface area contributed by atoms with Crippen molar-refractivity contribution in [2.45, 2.75) is 6.42 Å². The van der Waals surface area contributed by atoms with Crippen LogP contribution in [0, 0.1) is 0 Å². The Morgan fingerprint density at radius 1 is 0.667 bits per heavy atom. The number of amides is 2. The summed E-state index contributed by atoms with van der Waals surface area (Å²) in [6.45, 7) is 2.24. The molecular weight excluding hydrogens is 480 g/mol. The molecule has 0 spiro atoms. The summed E-state index contributed by atoms with van der Waals surface area (Å²) >= 11 is 0. The maximum absolute atomic E-state index is 12.1. The first kappa shape index (κ1) is 27.1. The predicted molar refractivity (Wildman–Crippen MR) is 120 cm³/mol. The van der Waals surface area contributed by atoms with E-state index in [1.165, 1.54) is 12.1 Å². The molecule has 0 aliphatic carbocycles. The highest BCUT2D eigenvalue weighted by Gasteiger charge is 2.36. The van der Waals surface area contributed by atoms with Gasteiger partial charge in [0.15, 0.2) is 0 Å². The summed E-state index contributed by atoms with van der Waals surface area (Å²) < 4.78 is 21.9. The summed E-state index contributed by atoms with van der Waals surface area (Å²) in [5.74, 6) is -2.43. The van der Waals surface area contributed by atoms with Crippen molar-refractivity contribution in [2.24, 2.45) is 0 Å². The summed E-state index contributed by atoms with van der Waals surface area (Å²) in [6, 6.07) is 8.90. The molecule has 0 radical (unpaired) electrons. The van der Waals surface area contributed by atoms with E-state index < -0.39 is 29.5 Å². The largest absolute Gasteiger partial charge is 0.492 e. The summed E-state index contributed by atoms with van der Waals surface area (Å²) in [5.41, 5.74) is 0.644. The summed E-state index contributed by atoms with van der Waals surface area (Å²) in [6.07, 6.45) is -0.0660. The number of ether oxygens (including phenoxy) is 4. The molecule has 2 amide bonds. The third-order valence-corrected chi connectivity index (χ3v) is 4.76. The molecule has 3 rings (SSSR count). The molecule has 2 aromatic rings. The van der Waals surface area contributed by atoms with Gasteiger partial charge in [-0.25, -0.2) is 4.79 Å². The average Bonchev–Trinajstić information content (AvgIpc) is 3.32. The minimum Gasteiger partial charge on any atom is -0.492 e. The Morgan fingerprint density at radius 2 is 1.11 bits per heavy atom. The van der Waals surface area contributed by atoms with E-state index in [1.807, 2.05) is 0 Å². The van der Waals surface area contributed by atoms with Crippen LogP contribution < -0.4 is 4.84 Å². The zero-order valence-corrected chi connectivity index (χ0v) is 19.5. The number of carbonyl (C=O) groups is 3. The fourth-order valence-electron chi connectivity index (χ4n) is 3.03. The number of aromatic nitrogens is 1. The van der Waals surface area contributed by atoms with Crippen molar-refractivity contribution in [3.8, 4) is 11.8 Å². The normalized spacial score (nSPS) is 12.8. The fourth-order valence-corrected chi connectivity index (χ4v) is 3.03. The second kappa shape index (κ2) is 14.2. The number of hydroxylamine groups is 2. The molecule has 13 heteroatoms. The first-order valence-corrected chi connectivity index (χ1v) is 11.2. The molecule has 0 saturated heterocycles. The van der Waals surface area contributed by atoms with E-state index in [0.29, 0.717) is 48.9 Å². The van der Waals surface area contributed by atoms with Gasteiger partial charge in [-0.2, -0.15) is 0 Å². The Labute approximate surface area is 206 Å². The number of carbonyl (C=O) groups excluding carboxylic acids is 3. The van der Waals surface area contributed by atoms with Crippen molar-refractivity contribution in [3.05, 3.63) is 47.5 Å². The smallest absolute Gasteiger partial charge is 0.335 e. The van der Waals surface area contributed by atoms with Gasteiger partial charge < -0.3 is 34.0 Å². The van der Waals surface area contributed by atoms with E-state index in [4.69, 9.17) is 28.6 Å². The Balaban J connectivity index is 1.08. The van der Waals surface area contributed by atoms with E-state index in [1.54, 1.807) is 24.3 Å². The highest BCUT2D eigenvalue weighted by atomic mass is 16.7. The van der Waals surface area contributed by atoms with Gasteiger partial charge in [0.05, 0.1) is 77.0 Å². The molecule has 2 heterocycles. The van der Waals surface area contributed by atoms with E-state index in [0.717, 1.165) is 5.06 Å². The van der Waals surface area contributed by atoms with Gasteiger partial charge in [-0.15, -0.1) is 9.79 Å².